The molecule has 1 aliphatic carbocycles. The van der Waals surface area contributed by atoms with Crippen LogP contribution in [0.2, 0.25) is 0 Å². The Labute approximate surface area is 83.2 Å². The Morgan fingerprint density at radius 3 is 2.43 bits per heavy atom. The molecule has 1 amide bonds. The predicted molar refractivity (Wildman–Crippen MR) is 50.4 cm³/mol. The van der Waals surface area contributed by atoms with Crippen LogP contribution in [0.5, 0.6) is 0 Å². The van der Waals surface area contributed by atoms with Gasteiger partial charge in [-0.05, 0) is 19.3 Å². The van der Waals surface area contributed by atoms with Gasteiger partial charge in [-0.3, -0.25) is 4.79 Å². The third-order valence-corrected chi connectivity index (χ3v) is 5.72. The quantitative estimate of drug-likeness (QED) is 0.608. The molecule has 2 aliphatic heterocycles. The molecule has 4 nitrogen and oxygen atoms in total. The molecular formula is C9H13NO3S. The number of carbonyl (C=O) groups excluding carboxylic acids is 1. The van der Waals surface area contributed by atoms with E-state index < -0.39 is 9.84 Å². The molecule has 2 bridgehead atoms. The minimum atomic E-state index is -2.85. The van der Waals surface area contributed by atoms with Crippen molar-refractivity contribution in [2.45, 2.75) is 30.6 Å². The maximum Gasteiger partial charge on any atom is 0.226 e. The summed E-state index contributed by atoms with van der Waals surface area (Å²) in [6.45, 7) is 0.461. The van der Waals surface area contributed by atoms with Crippen molar-refractivity contribution in [2.24, 2.45) is 5.92 Å². The molecule has 3 aliphatic rings. The van der Waals surface area contributed by atoms with Gasteiger partial charge >= 0.3 is 0 Å². The largest absolute Gasteiger partial charge is 0.337 e. The molecule has 1 saturated carbocycles. The molecule has 78 valence electrons. The molecule has 2 atom stereocenters. The zero-order valence-corrected chi connectivity index (χ0v) is 8.66. The second kappa shape index (κ2) is 2.51. The van der Waals surface area contributed by atoms with E-state index in [9.17, 15) is 13.2 Å². The Bertz CT molecular complexity index is 385. The summed E-state index contributed by atoms with van der Waals surface area (Å²) in [6.07, 6.45) is 2.68. The molecule has 3 fully saturated rings. The summed E-state index contributed by atoms with van der Waals surface area (Å²) < 4.78 is 22.9. The van der Waals surface area contributed by atoms with Gasteiger partial charge in [-0.15, -0.1) is 0 Å². The minimum Gasteiger partial charge on any atom is -0.337 e. The summed E-state index contributed by atoms with van der Waals surface area (Å²) in [7, 11) is -2.85. The summed E-state index contributed by atoms with van der Waals surface area (Å²) in [5.74, 6) is 0.625. The highest BCUT2D eigenvalue weighted by atomic mass is 32.2. The van der Waals surface area contributed by atoms with Gasteiger partial charge < -0.3 is 4.90 Å². The van der Waals surface area contributed by atoms with Crippen LogP contribution in [0.15, 0.2) is 0 Å². The van der Waals surface area contributed by atoms with Gasteiger partial charge in [-0.1, -0.05) is 0 Å². The Morgan fingerprint density at radius 1 is 1.29 bits per heavy atom. The second-order valence-electron chi connectivity index (χ2n) is 4.61. The lowest BCUT2D eigenvalue weighted by molar-refractivity contribution is -0.133. The fraction of sp³-hybridized carbons (Fsp3) is 0.889. The van der Waals surface area contributed by atoms with Crippen LogP contribution in [0.1, 0.15) is 19.3 Å². The van der Waals surface area contributed by atoms with Crippen LogP contribution < -0.4 is 0 Å². The molecule has 0 aromatic carbocycles. The SMILES string of the molecule is O=C(C1CC1)N1CC2CC1CS2(=O)=O. The van der Waals surface area contributed by atoms with Crippen molar-refractivity contribution in [3.63, 3.8) is 0 Å². The van der Waals surface area contributed by atoms with Gasteiger partial charge in [0.25, 0.3) is 0 Å². The molecule has 3 rings (SSSR count). The van der Waals surface area contributed by atoms with E-state index in [-0.39, 0.29) is 28.9 Å². The number of nitrogens with zero attached hydrogens (tertiary/aromatic N) is 1. The van der Waals surface area contributed by atoms with Crippen molar-refractivity contribution in [1.82, 2.24) is 4.90 Å². The summed E-state index contributed by atoms with van der Waals surface area (Å²) in [5, 5.41) is -0.254. The van der Waals surface area contributed by atoms with Crippen LogP contribution in [0.3, 0.4) is 0 Å². The van der Waals surface area contributed by atoms with Crippen LogP contribution >= 0.6 is 0 Å². The number of rotatable bonds is 1. The number of sulfone groups is 1. The van der Waals surface area contributed by atoms with Crippen molar-refractivity contribution in [3.8, 4) is 0 Å². The van der Waals surface area contributed by atoms with Crippen molar-refractivity contribution in [2.75, 3.05) is 12.3 Å². The van der Waals surface area contributed by atoms with Crippen LogP contribution in [0, 0.1) is 5.92 Å². The highest BCUT2D eigenvalue weighted by Gasteiger charge is 2.51. The molecule has 5 heteroatoms. The van der Waals surface area contributed by atoms with Crippen LogP contribution in [-0.4, -0.2) is 42.8 Å². The van der Waals surface area contributed by atoms with E-state index in [4.69, 9.17) is 0 Å². The van der Waals surface area contributed by atoms with Crippen molar-refractivity contribution >= 4 is 15.7 Å². The van der Waals surface area contributed by atoms with E-state index in [1.54, 1.807) is 0 Å². The first-order valence-electron chi connectivity index (χ1n) is 5.10. The fourth-order valence-corrected chi connectivity index (χ4v) is 4.56. The lowest BCUT2D eigenvalue weighted by Crippen LogP contribution is -2.44. The standard InChI is InChI=1S/C9H13NO3S/c11-9(6-1-2-6)10-4-8-3-7(10)5-14(8,12)13/h6-8H,1-5H2. The van der Waals surface area contributed by atoms with Crippen LogP contribution in [0.25, 0.3) is 0 Å². The van der Waals surface area contributed by atoms with Gasteiger partial charge in [0.15, 0.2) is 9.84 Å². The summed E-state index contributed by atoms with van der Waals surface area (Å²) in [5.41, 5.74) is 0. The Morgan fingerprint density at radius 2 is 2.00 bits per heavy atom. The van der Waals surface area contributed by atoms with E-state index in [1.165, 1.54) is 0 Å². The van der Waals surface area contributed by atoms with Crippen molar-refractivity contribution in [1.29, 1.82) is 0 Å². The van der Waals surface area contributed by atoms with Gasteiger partial charge in [0.05, 0.1) is 11.0 Å². The van der Waals surface area contributed by atoms with E-state index in [0.717, 1.165) is 12.8 Å². The lowest BCUT2D eigenvalue weighted by atomic mass is 10.2. The predicted octanol–water partition coefficient (Wildman–Crippen LogP) is -0.206. The van der Waals surface area contributed by atoms with Crippen LogP contribution in [-0.2, 0) is 14.6 Å². The number of fused-ring (bicyclic) bond motifs is 2. The van der Waals surface area contributed by atoms with Gasteiger partial charge in [0.1, 0.15) is 0 Å². The minimum absolute atomic E-state index is 0.00176. The summed E-state index contributed by atoms with van der Waals surface area (Å²) in [6, 6.07) is -0.00176. The maximum atomic E-state index is 11.7. The number of likely N-dealkylation sites (tertiary alicyclic amines) is 1. The number of hydrogen-bond acceptors (Lipinski definition) is 3. The molecule has 14 heavy (non-hydrogen) atoms. The Balaban J connectivity index is 1.79. The summed E-state index contributed by atoms with van der Waals surface area (Å²) >= 11 is 0. The Kier molecular flexibility index (Phi) is 1.56. The van der Waals surface area contributed by atoms with E-state index in [2.05, 4.69) is 0 Å². The average Bonchev–Trinajstić information content (AvgIpc) is 2.80. The fourth-order valence-electron chi connectivity index (χ4n) is 2.53. The van der Waals surface area contributed by atoms with Gasteiger partial charge in [0, 0.05) is 18.5 Å². The molecule has 0 spiro atoms. The summed E-state index contributed by atoms with van der Waals surface area (Å²) in [4.78, 5) is 13.5. The Hall–Kier alpha value is -0.580. The number of hydrogen-bond donors (Lipinski definition) is 0. The van der Waals surface area contributed by atoms with E-state index in [1.807, 2.05) is 4.90 Å². The smallest absolute Gasteiger partial charge is 0.226 e. The van der Waals surface area contributed by atoms with Gasteiger partial charge in [0.2, 0.25) is 5.91 Å². The number of carbonyl (C=O) groups is 1. The average molecular weight is 215 g/mol. The molecular weight excluding hydrogens is 202 g/mol. The van der Waals surface area contributed by atoms with Gasteiger partial charge in [-0.25, -0.2) is 8.42 Å². The zero-order chi connectivity index (χ0) is 9.92. The van der Waals surface area contributed by atoms with Gasteiger partial charge in [-0.2, -0.15) is 0 Å². The van der Waals surface area contributed by atoms with E-state index in [0.29, 0.717) is 13.0 Å². The molecule has 2 heterocycles. The molecule has 2 saturated heterocycles. The molecule has 0 radical (unpaired) electrons. The second-order valence-corrected chi connectivity index (χ2v) is 6.93. The normalized spacial score (nSPS) is 39.0. The monoisotopic (exact) mass is 215 g/mol. The molecule has 0 N–H and O–H groups in total. The first-order chi connectivity index (χ1) is 6.58. The first-order valence-corrected chi connectivity index (χ1v) is 6.81. The third-order valence-electron chi connectivity index (χ3n) is 3.52. The zero-order valence-electron chi connectivity index (χ0n) is 7.85. The molecule has 2 unspecified atom stereocenters. The highest BCUT2D eigenvalue weighted by Crippen LogP contribution is 2.38. The lowest BCUT2D eigenvalue weighted by Gasteiger charge is -2.26. The number of amides is 1. The van der Waals surface area contributed by atoms with Crippen molar-refractivity contribution < 1.29 is 13.2 Å². The topological polar surface area (TPSA) is 54.5 Å². The molecule has 0 aromatic rings. The van der Waals surface area contributed by atoms with Crippen LogP contribution in [0.4, 0.5) is 0 Å². The third kappa shape index (κ3) is 1.11. The molecule has 0 aromatic heterocycles. The maximum absolute atomic E-state index is 11.7. The highest BCUT2D eigenvalue weighted by molar-refractivity contribution is 7.92. The van der Waals surface area contributed by atoms with E-state index >= 15 is 0 Å². The van der Waals surface area contributed by atoms with Crippen molar-refractivity contribution in [3.05, 3.63) is 0 Å². The first kappa shape index (κ1) is 8.71.